The lowest BCUT2D eigenvalue weighted by atomic mass is 10.3. The van der Waals surface area contributed by atoms with Crippen LogP contribution in [0.5, 0.6) is 0 Å². The van der Waals surface area contributed by atoms with Crippen molar-refractivity contribution in [2.24, 2.45) is 7.05 Å². The number of hydrogen-bond donors (Lipinski definition) is 0. The van der Waals surface area contributed by atoms with Gasteiger partial charge < -0.3 is 9.47 Å². The van der Waals surface area contributed by atoms with Crippen LogP contribution in [0.1, 0.15) is 17.7 Å². The third-order valence-electron chi connectivity index (χ3n) is 4.06. The first-order chi connectivity index (χ1) is 11.5. The molecule has 0 atom stereocenters. The van der Waals surface area contributed by atoms with Crippen LogP contribution < -0.4 is 5.69 Å². The number of fused-ring (bicyclic) bond motifs is 1. The van der Waals surface area contributed by atoms with E-state index in [2.05, 4.69) is 5.10 Å². The molecule has 4 heterocycles. The second-order valence-electron chi connectivity index (χ2n) is 5.59. The molecule has 0 bridgehead atoms. The van der Waals surface area contributed by atoms with Crippen molar-refractivity contribution in [2.75, 3.05) is 19.8 Å². The molecule has 0 N–H and O–H groups in total. The van der Waals surface area contributed by atoms with E-state index in [1.165, 1.54) is 13.6 Å². The number of rotatable bonds is 3. The number of ether oxygens (including phenoxy) is 2. The Kier molecular flexibility index (Phi) is 3.84. The van der Waals surface area contributed by atoms with Gasteiger partial charge in [-0.1, -0.05) is 0 Å². The minimum Gasteiger partial charge on any atom is -0.346 e. The van der Waals surface area contributed by atoms with E-state index in [0.717, 1.165) is 11.3 Å². The molecule has 0 aliphatic carbocycles. The van der Waals surface area contributed by atoms with Crippen molar-refractivity contribution >= 4 is 21.4 Å². The molecule has 24 heavy (non-hydrogen) atoms. The van der Waals surface area contributed by atoms with E-state index >= 15 is 0 Å². The number of hydrogen-bond acceptors (Lipinski definition) is 7. The first kappa shape index (κ1) is 16.0. The maximum atomic E-state index is 12.8. The number of aryl methyl sites for hydroxylation is 1. The van der Waals surface area contributed by atoms with Gasteiger partial charge in [-0.15, -0.1) is 11.3 Å². The van der Waals surface area contributed by atoms with Crippen LogP contribution in [0.4, 0.5) is 0 Å². The maximum Gasteiger partial charge on any atom is 0.345 e. The molecular formula is C13H16N4O5S2. The largest absolute Gasteiger partial charge is 0.346 e. The number of thiophene rings is 1. The van der Waals surface area contributed by atoms with Gasteiger partial charge in [0.05, 0.1) is 19.8 Å². The monoisotopic (exact) mass is 372 g/mol. The van der Waals surface area contributed by atoms with Crippen LogP contribution in [-0.4, -0.2) is 46.8 Å². The highest BCUT2D eigenvalue weighted by molar-refractivity contribution is 7.91. The van der Waals surface area contributed by atoms with E-state index in [-0.39, 0.29) is 23.0 Å². The van der Waals surface area contributed by atoms with E-state index in [4.69, 9.17) is 9.47 Å². The quantitative estimate of drug-likeness (QED) is 0.746. The molecule has 2 aliphatic heterocycles. The predicted octanol–water partition coefficient (Wildman–Crippen LogP) is -0.107. The normalized spacial score (nSPS) is 19.7. The van der Waals surface area contributed by atoms with E-state index in [1.807, 2.05) is 0 Å². The number of nitrogens with zero attached hydrogens (tertiary/aromatic N) is 4. The summed E-state index contributed by atoms with van der Waals surface area (Å²) in [6.45, 7) is 1.64. The van der Waals surface area contributed by atoms with Crippen LogP contribution in [0, 0.1) is 0 Å². The average molecular weight is 372 g/mol. The molecule has 1 fully saturated rings. The Morgan fingerprint density at radius 2 is 2.04 bits per heavy atom. The van der Waals surface area contributed by atoms with E-state index in [9.17, 15) is 13.2 Å². The van der Waals surface area contributed by atoms with Crippen LogP contribution in [0.3, 0.4) is 0 Å². The van der Waals surface area contributed by atoms with Gasteiger partial charge in [-0.25, -0.2) is 17.9 Å². The van der Waals surface area contributed by atoms with Crippen molar-refractivity contribution < 1.29 is 17.9 Å². The molecule has 9 nitrogen and oxygen atoms in total. The molecule has 130 valence electrons. The highest BCUT2D eigenvalue weighted by Crippen LogP contribution is 2.32. The molecule has 0 spiro atoms. The topological polar surface area (TPSA) is 95.7 Å². The molecule has 11 heteroatoms. The van der Waals surface area contributed by atoms with Gasteiger partial charge in [0.1, 0.15) is 10.0 Å². The summed E-state index contributed by atoms with van der Waals surface area (Å²) in [5.41, 5.74) is 0.485. The summed E-state index contributed by atoms with van der Waals surface area (Å²) in [7, 11) is -2.09. The Morgan fingerprint density at radius 3 is 2.79 bits per heavy atom. The average Bonchev–Trinajstić information content (AvgIpc) is 3.28. The zero-order valence-electron chi connectivity index (χ0n) is 12.9. The summed E-state index contributed by atoms with van der Waals surface area (Å²) in [5, 5.41) is 5.84. The standard InChI is InChI=1S/C13H16N4O5S2/c1-15-13(18)17-3-2-16(7-10(17)14-15)24(19,20)11-6-9(8-23-11)12-21-4-5-22-12/h6,8,12H,2-5,7H2,1H3. The summed E-state index contributed by atoms with van der Waals surface area (Å²) < 4.78 is 40.8. The minimum absolute atomic E-state index is 0.0854. The molecule has 0 unspecified atom stereocenters. The van der Waals surface area contributed by atoms with Crippen LogP contribution in [-0.2, 0) is 39.6 Å². The fraction of sp³-hybridized carbons (Fsp3) is 0.538. The number of aromatic nitrogens is 3. The molecular weight excluding hydrogens is 356 g/mol. The van der Waals surface area contributed by atoms with Crippen LogP contribution >= 0.6 is 11.3 Å². The fourth-order valence-corrected chi connectivity index (χ4v) is 5.55. The lowest BCUT2D eigenvalue weighted by molar-refractivity contribution is -0.0439. The summed E-state index contributed by atoms with van der Waals surface area (Å²) in [5.74, 6) is 0.455. The Hall–Kier alpha value is -1.53. The lowest BCUT2D eigenvalue weighted by Crippen LogP contribution is -2.40. The van der Waals surface area contributed by atoms with E-state index < -0.39 is 16.3 Å². The fourth-order valence-electron chi connectivity index (χ4n) is 2.82. The molecule has 1 saturated heterocycles. The molecule has 0 saturated carbocycles. The number of sulfonamides is 1. The lowest BCUT2D eigenvalue weighted by Gasteiger charge is -2.25. The van der Waals surface area contributed by atoms with Crippen molar-refractivity contribution in [1.82, 2.24) is 18.7 Å². The Bertz CT molecular complexity index is 923. The smallest absolute Gasteiger partial charge is 0.345 e. The van der Waals surface area contributed by atoms with Crippen LogP contribution in [0.2, 0.25) is 0 Å². The predicted molar refractivity (Wildman–Crippen MR) is 84.0 cm³/mol. The SMILES string of the molecule is Cn1nc2n(c1=O)CCN(S(=O)(=O)c1cc(C3OCCO3)cs1)C2. The third-order valence-corrected chi connectivity index (χ3v) is 7.34. The Labute approximate surface area is 142 Å². The highest BCUT2D eigenvalue weighted by Gasteiger charge is 2.32. The van der Waals surface area contributed by atoms with Crippen molar-refractivity contribution in [1.29, 1.82) is 0 Å². The van der Waals surface area contributed by atoms with Gasteiger partial charge in [-0.2, -0.15) is 9.40 Å². The van der Waals surface area contributed by atoms with Gasteiger partial charge in [0, 0.05) is 31.1 Å². The first-order valence-corrected chi connectivity index (χ1v) is 9.73. The first-order valence-electron chi connectivity index (χ1n) is 7.41. The molecule has 0 aromatic carbocycles. The molecule has 2 aromatic heterocycles. The maximum absolute atomic E-state index is 12.8. The second-order valence-corrected chi connectivity index (χ2v) is 8.66. The Morgan fingerprint density at radius 1 is 1.29 bits per heavy atom. The van der Waals surface area contributed by atoms with Gasteiger partial charge in [0.15, 0.2) is 6.29 Å². The zero-order valence-corrected chi connectivity index (χ0v) is 14.5. The van der Waals surface area contributed by atoms with Gasteiger partial charge in [-0.05, 0) is 6.07 Å². The van der Waals surface area contributed by atoms with E-state index in [0.29, 0.717) is 31.1 Å². The summed E-state index contributed by atoms with van der Waals surface area (Å²) in [4.78, 5) is 11.9. The summed E-state index contributed by atoms with van der Waals surface area (Å²) in [6.07, 6.45) is -0.493. The van der Waals surface area contributed by atoms with Crippen molar-refractivity contribution in [3.05, 3.63) is 33.3 Å². The van der Waals surface area contributed by atoms with Crippen LogP contribution in [0.15, 0.2) is 20.5 Å². The van der Waals surface area contributed by atoms with Crippen LogP contribution in [0.25, 0.3) is 0 Å². The second kappa shape index (κ2) is 5.77. The molecule has 0 radical (unpaired) electrons. The highest BCUT2D eigenvalue weighted by atomic mass is 32.2. The van der Waals surface area contributed by atoms with Crippen molar-refractivity contribution in [3.8, 4) is 0 Å². The van der Waals surface area contributed by atoms with Gasteiger partial charge >= 0.3 is 5.69 Å². The van der Waals surface area contributed by atoms with Gasteiger partial charge in [0.25, 0.3) is 10.0 Å². The molecule has 0 amide bonds. The van der Waals surface area contributed by atoms with Gasteiger partial charge in [-0.3, -0.25) is 4.57 Å². The summed E-state index contributed by atoms with van der Waals surface area (Å²) >= 11 is 1.14. The zero-order chi connectivity index (χ0) is 16.9. The molecule has 2 aromatic rings. The minimum atomic E-state index is -3.64. The third kappa shape index (κ3) is 2.52. The molecule has 4 rings (SSSR count). The summed E-state index contributed by atoms with van der Waals surface area (Å²) in [6, 6.07) is 1.59. The van der Waals surface area contributed by atoms with E-state index in [1.54, 1.807) is 18.5 Å². The van der Waals surface area contributed by atoms with Gasteiger partial charge in [0.2, 0.25) is 0 Å². The Balaban J connectivity index is 1.60. The van der Waals surface area contributed by atoms with Crippen molar-refractivity contribution in [3.63, 3.8) is 0 Å². The molecule has 2 aliphatic rings. The van der Waals surface area contributed by atoms with Crippen molar-refractivity contribution in [2.45, 2.75) is 23.6 Å².